The molecule has 2 rings (SSSR count). The number of anilines is 2. The van der Waals surface area contributed by atoms with Crippen molar-refractivity contribution in [3.8, 4) is 0 Å². The minimum atomic E-state index is -1.22. The van der Waals surface area contributed by atoms with Crippen LogP contribution in [0.15, 0.2) is 36.4 Å². The summed E-state index contributed by atoms with van der Waals surface area (Å²) in [7, 11) is 0. The molecule has 0 aliphatic carbocycles. The predicted octanol–water partition coefficient (Wildman–Crippen LogP) is 3.38. The molecule has 2 aromatic rings. The van der Waals surface area contributed by atoms with Crippen LogP contribution in [0.25, 0.3) is 0 Å². The summed E-state index contributed by atoms with van der Waals surface area (Å²) >= 11 is 5.62. The maximum atomic E-state index is 13.6. The lowest BCUT2D eigenvalue weighted by atomic mass is 10.2. The molecule has 126 valence electrons. The topological polar surface area (TPSA) is 81.4 Å². The fourth-order valence-electron chi connectivity index (χ4n) is 1.82. The van der Waals surface area contributed by atoms with Gasteiger partial charge in [0.05, 0.1) is 11.3 Å². The number of hydrogen-bond donors (Lipinski definition) is 2. The molecule has 0 aliphatic rings. The van der Waals surface area contributed by atoms with E-state index in [1.165, 1.54) is 19.1 Å². The lowest BCUT2D eigenvalue weighted by molar-refractivity contribution is -0.123. The average molecular weight is 355 g/mol. The second kappa shape index (κ2) is 7.27. The molecule has 1 unspecified atom stereocenters. The summed E-state index contributed by atoms with van der Waals surface area (Å²) in [6.07, 6.45) is -1.22. The first kappa shape index (κ1) is 17.7. The maximum Gasteiger partial charge on any atom is 0.341 e. The minimum Gasteiger partial charge on any atom is -0.449 e. The number of benzene rings is 2. The van der Waals surface area contributed by atoms with E-state index >= 15 is 0 Å². The first-order valence-corrected chi connectivity index (χ1v) is 7.17. The molecule has 3 N–H and O–H groups in total. The van der Waals surface area contributed by atoms with Crippen molar-refractivity contribution in [2.75, 3.05) is 11.1 Å². The van der Waals surface area contributed by atoms with E-state index in [4.69, 9.17) is 22.1 Å². The monoisotopic (exact) mass is 354 g/mol. The zero-order valence-corrected chi connectivity index (χ0v) is 13.2. The highest BCUT2D eigenvalue weighted by Gasteiger charge is 2.21. The molecule has 0 spiro atoms. The average Bonchev–Trinajstić information content (AvgIpc) is 2.49. The molecular weight excluding hydrogens is 342 g/mol. The number of ether oxygens (including phenoxy) is 1. The summed E-state index contributed by atoms with van der Waals surface area (Å²) in [6.45, 7) is 1.31. The number of esters is 1. The molecule has 24 heavy (non-hydrogen) atoms. The molecule has 1 atom stereocenters. The largest absolute Gasteiger partial charge is 0.449 e. The Morgan fingerprint density at radius 1 is 1.21 bits per heavy atom. The molecular formula is C16H13ClF2N2O3. The number of nitrogens with two attached hydrogens (primary N) is 1. The molecule has 0 aliphatic heterocycles. The third-order valence-corrected chi connectivity index (χ3v) is 3.31. The minimum absolute atomic E-state index is 0.0753. The molecule has 0 aromatic heterocycles. The second-order valence-electron chi connectivity index (χ2n) is 4.89. The van der Waals surface area contributed by atoms with Gasteiger partial charge in [0.2, 0.25) is 0 Å². The maximum absolute atomic E-state index is 13.6. The molecule has 2 aromatic carbocycles. The lowest BCUT2D eigenvalue weighted by Gasteiger charge is -2.14. The molecule has 0 radical (unpaired) electrons. The van der Waals surface area contributed by atoms with Crippen LogP contribution in [0.1, 0.15) is 17.3 Å². The Morgan fingerprint density at radius 2 is 1.92 bits per heavy atom. The van der Waals surface area contributed by atoms with Crippen molar-refractivity contribution in [1.82, 2.24) is 0 Å². The van der Waals surface area contributed by atoms with Crippen molar-refractivity contribution in [3.05, 3.63) is 58.6 Å². The van der Waals surface area contributed by atoms with Gasteiger partial charge in [-0.15, -0.1) is 0 Å². The third kappa shape index (κ3) is 4.20. The van der Waals surface area contributed by atoms with Crippen LogP contribution in [0.4, 0.5) is 20.2 Å². The quantitative estimate of drug-likeness (QED) is 0.651. The highest BCUT2D eigenvalue weighted by atomic mass is 35.5. The molecule has 0 bridgehead atoms. The van der Waals surface area contributed by atoms with Crippen molar-refractivity contribution in [2.24, 2.45) is 0 Å². The highest BCUT2D eigenvalue weighted by molar-refractivity contribution is 6.30. The zero-order chi connectivity index (χ0) is 17.9. The molecule has 8 heteroatoms. The normalized spacial score (nSPS) is 11.7. The Bertz CT molecular complexity index is 799. The van der Waals surface area contributed by atoms with Crippen LogP contribution in [0.2, 0.25) is 5.02 Å². The summed E-state index contributed by atoms with van der Waals surface area (Å²) in [5.74, 6) is -2.97. The molecule has 1 amide bonds. The molecule has 0 heterocycles. The van der Waals surface area contributed by atoms with Crippen molar-refractivity contribution in [3.63, 3.8) is 0 Å². The van der Waals surface area contributed by atoms with E-state index in [1.807, 2.05) is 0 Å². The van der Waals surface area contributed by atoms with Gasteiger partial charge in [-0.05, 0) is 43.3 Å². The van der Waals surface area contributed by atoms with Gasteiger partial charge < -0.3 is 15.8 Å². The summed E-state index contributed by atoms with van der Waals surface area (Å²) in [4.78, 5) is 23.9. The fourth-order valence-corrected chi connectivity index (χ4v) is 1.98. The molecule has 0 saturated heterocycles. The van der Waals surface area contributed by atoms with Gasteiger partial charge in [0, 0.05) is 10.7 Å². The van der Waals surface area contributed by atoms with E-state index in [9.17, 15) is 18.4 Å². The van der Waals surface area contributed by atoms with E-state index in [0.717, 1.165) is 24.3 Å². The molecule has 5 nitrogen and oxygen atoms in total. The number of nitrogens with one attached hydrogen (secondary N) is 1. The van der Waals surface area contributed by atoms with Gasteiger partial charge in [0.15, 0.2) is 6.10 Å². The van der Waals surface area contributed by atoms with Crippen LogP contribution >= 0.6 is 11.6 Å². The standard InChI is InChI=1S/C16H13ClF2N2O3/c1-8(15(22)21-14-5-2-9(17)6-12(14)19)24-16(23)11-4-3-10(18)7-13(11)20/h2-8H,20H2,1H3,(H,21,22). The zero-order valence-electron chi connectivity index (χ0n) is 12.5. The number of rotatable bonds is 4. The van der Waals surface area contributed by atoms with Crippen LogP contribution in [-0.2, 0) is 9.53 Å². The summed E-state index contributed by atoms with van der Waals surface area (Å²) in [5, 5.41) is 2.45. The Morgan fingerprint density at radius 3 is 2.54 bits per heavy atom. The number of amides is 1. The van der Waals surface area contributed by atoms with Crippen molar-refractivity contribution in [2.45, 2.75) is 13.0 Å². The van der Waals surface area contributed by atoms with Gasteiger partial charge in [0.25, 0.3) is 5.91 Å². The van der Waals surface area contributed by atoms with Crippen LogP contribution in [0.3, 0.4) is 0 Å². The van der Waals surface area contributed by atoms with Crippen molar-refractivity contribution >= 4 is 34.9 Å². The Balaban J connectivity index is 2.04. The predicted molar refractivity (Wildman–Crippen MR) is 85.7 cm³/mol. The SMILES string of the molecule is CC(OC(=O)c1ccc(F)cc1N)C(=O)Nc1ccc(Cl)cc1F. The number of carbonyl (C=O) groups excluding carboxylic acids is 2. The lowest BCUT2D eigenvalue weighted by Crippen LogP contribution is -2.30. The van der Waals surface area contributed by atoms with E-state index < -0.39 is 29.6 Å². The van der Waals surface area contributed by atoms with Crippen LogP contribution in [-0.4, -0.2) is 18.0 Å². The highest BCUT2D eigenvalue weighted by Crippen LogP contribution is 2.20. The Labute approximate surface area is 141 Å². The van der Waals surface area contributed by atoms with E-state index in [1.54, 1.807) is 0 Å². The summed E-state index contributed by atoms with van der Waals surface area (Å²) in [5.41, 5.74) is 5.24. The van der Waals surface area contributed by atoms with Gasteiger partial charge in [-0.2, -0.15) is 0 Å². The Kier molecular flexibility index (Phi) is 5.35. The first-order chi connectivity index (χ1) is 11.3. The van der Waals surface area contributed by atoms with Crippen LogP contribution < -0.4 is 11.1 Å². The Hall–Kier alpha value is -2.67. The number of hydrogen-bond acceptors (Lipinski definition) is 4. The number of halogens is 3. The summed E-state index contributed by atoms with van der Waals surface area (Å²) in [6, 6.07) is 6.87. The summed E-state index contributed by atoms with van der Waals surface area (Å²) < 4.78 is 31.6. The molecule has 0 saturated carbocycles. The van der Waals surface area contributed by atoms with E-state index in [0.29, 0.717) is 0 Å². The third-order valence-electron chi connectivity index (χ3n) is 3.08. The smallest absolute Gasteiger partial charge is 0.341 e. The van der Waals surface area contributed by atoms with Crippen LogP contribution in [0, 0.1) is 11.6 Å². The van der Waals surface area contributed by atoms with Gasteiger partial charge in [0.1, 0.15) is 11.6 Å². The van der Waals surface area contributed by atoms with Gasteiger partial charge in [-0.1, -0.05) is 11.6 Å². The van der Waals surface area contributed by atoms with Gasteiger partial charge >= 0.3 is 5.97 Å². The number of carbonyl (C=O) groups is 2. The molecule has 0 fully saturated rings. The first-order valence-electron chi connectivity index (χ1n) is 6.80. The van der Waals surface area contributed by atoms with Crippen molar-refractivity contribution in [1.29, 1.82) is 0 Å². The number of nitrogen functional groups attached to an aromatic ring is 1. The van der Waals surface area contributed by atoms with Gasteiger partial charge in [-0.3, -0.25) is 4.79 Å². The second-order valence-corrected chi connectivity index (χ2v) is 5.33. The van der Waals surface area contributed by atoms with Crippen molar-refractivity contribution < 1.29 is 23.1 Å². The van der Waals surface area contributed by atoms with E-state index in [2.05, 4.69) is 5.32 Å². The van der Waals surface area contributed by atoms with Crippen LogP contribution in [0.5, 0.6) is 0 Å². The van der Waals surface area contributed by atoms with Gasteiger partial charge in [-0.25, -0.2) is 13.6 Å². The van der Waals surface area contributed by atoms with E-state index in [-0.39, 0.29) is 22.0 Å². The fraction of sp³-hybridized carbons (Fsp3) is 0.125.